The molecule has 98 valence electrons. The van der Waals surface area contributed by atoms with Crippen molar-refractivity contribution < 1.29 is 9.90 Å². The predicted molar refractivity (Wildman–Crippen MR) is 66.5 cm³/mol. The maximum absolute atomic E-state index is 11.9. The molecule has 1 aliphatic heterocycles. The monoisotopic (exact) mass is 240 g/mol. The number of hydrogen-bond donors (Lipinski definition) is 3. The summed E-state index contributed by atoms with van der Waals surface area (Å²) in [4.78, 5) is 11.9. The maximum Gasteiger partial charge on any atom is 0.237 e. The van der Waals surface area contributed by atoms with Crippen LogP contribution in [0, 0.1) is 11.8 Å². The normalized spacial score (nSPS) is 38.0. The van der Waals surface area contributed by atoms with Gasteiger partial charge < -0.3 is 15.7 Å². The van der Waals surface area contributed by atoms with Gasteiger partial charge in [0.05, 0.1) is 12.1 Å². The van der Waals surface area contributed by atoms with Crippen LogP contribution in [0.4, 0.5) is 0 Å². The molecule has 1 saturated carbocycles. The van der Waals surface area contributed by atoms with E-state index in [-0.39, 0.29) is 18.1 Å². The van der Waals surface area contributed by atoms with Crippen LogP contribution in [0.25, 0.3) is 0 Å². The Bertz CT molecular complexity index is 270. The van der Waals surface area contributed by atoms with Crippen molar-refractivity contribution in [1.82, 2.24) is 10.6 Å². The number of aliphatic hydroxyl groups is 1. The van der Waals surface area contributed by atoms with Gasteiger partial charge in [0.1, 0.15) is 0 Å². The van der Waals surface area contributed by atoms with Crippen molar-refractivity contribution in [3.05, 3.63) is 0 Å². The summed E-state index contributed by atoms with van der Waals surface area (Å²) in [6.07, 6.45) is 5.35. The van der Waals surface area contributed by atoms with Gasteiger partial charge in [-0.2, -0.15) is 0 Å². The quantitative estimate of drug-likeness (QED) is 0.679. The van der Waals surface area contributed by atoms with Crippen molar-refractivity contribution in [2.24, 2.45) is 11.8 Å². The van der Waals surface area contributed by atoms with Crippen LogP contribution in [-0.4, -0.2) is 36.2 Å². The minimum Gasteiger partial charge on any atom is -0.392 e. The summed E-state index contributed by atoms with van der Waals surface area (Å²) < 4.78 is 0. The minimum absolute atomic E-state index is 0.0549. The summed E-state index contributed by atoms with van der Waals surface area (Å²) in [5.74, 6) is 1.42. The van der Waals surface area contributed by atoms with E-state index in [4.69, 9.17) is 0 Å². The first-order valence-electron chi connectivity index (χ1n) is 6.86. The van der Waals surface area contributed by atoms with Gasteiger partial charge in [0.2, 0.25) is 5.91 Å². The van der Waals surface area contributed by atoms with Gasteiger partial charge in [-0.1, -0.05) is 26.2 Å². The van der Waals surface area contributed by atoms with Crippen molar-refractivity contribution in [1.29, 1.82) is 0 Å². The summed E-state index contributed by atoms with van der Waals surface area (Å²) in [5, 5.41) is 15.4. The number of rotatable bonds is 3. The summed E-state index contributed by atoms with van der Waals surface area (Å²) in [7, 11) is 0. The van der Waals surface area contributed by atoms with Gasteiger partial charge in [0.25, 0.3) is 0 Å². The molecule has 1 amide bonds. The first kappa shape index (κ1) is 12.8. The lowest BCUT2D eigenvalue weighted by Crippen LogP contribution is -2.43. The molecule has 2 rings (SSSR count). The molecule has 3 N–H and O–H groups in total. The number of carbonyl (C=O) groups excluding carboxylic acids is 1. The van der Waals surface area contributed by atoms with E-state index < -0.39 is 0 Å². The van der Waals surface area contributed by atoms with Gasteiger partial charge in [0, 0.05) is 13.1 Å². The fourth-order valence-corrected chi connectivity index (χ4v) is 2.97. The van der Waals surface area contributed by atoms with E-state index in [9.17, 15) is 9.90 Å². The lowest BCUT2D eigenvalue weighted by Gasteiger charge is -2.29. The van der Waals surface area contributed by atoms with Gasteiger partial charge in [-0.05, 0) is 24.7 Å². The number of carbonyl (C=O) groups is 1. The molecule has 4 heteroatoms. The van der Waals surface area contributed by atoms with Crippen molar-refractivity contribution in [2.75, 3.05) is 13.1 Å². The van der Waals surface area contributed by atoms with Gasteiger partial charge in [-0.25, -0.2) is 0 Å². The van der Waals surface area contributed by atoms with E-state index in [0.29, 0.717) is 18.9 Å². The van der Waals surface area contributed by atoms with Crippen LogP contribution in [0.1, 0.15) is 39.0 Å². The zero-order valence-corrected chi connectivity index (χ0v) is 10.6. The van der Waals surface area contributed by atoms with E-state index in [0.717, 1.165) is 12.5 Å². The first-order chi connectivity index (χ1) is 8.16. The average molecular weight is 240 g/mol. The highest BCUT2D eigenvalue weighted by Gasteiger charge is 2.29. The molecular formula is C13H24N2O2. The molecule has 0 aromatic rings. The fourth-order valence-electron chi connectivity index (χ4n) is 2.97. The van der Waals surface area contributed by atoms with E-state index in [1.807, 2.05) is 0 Å². The van der Waals surface area contributed by atoms with E-state index in [2.05, 4.69) is 17.6 Å². The Balaban J connectivity index is 1.72. The second-order valence-electron chi connectivity index (χ2n) is 5.62. The zero-order valence-electron chi connectivity index (χ0n) is 10.6. The van der Waals surface area contributed by atoms with Crippen molar-refractivity contribution in [3.8, 4) is 0 Å². The molecule has 4 nitrogen and oxygen atoms in total. The molecule has 0 bridgehead atoms. The molecule has 2 aliphatic rings. The van der Waals surface area contributed by atoms with Crippen molar-refractivity contribution in [3.63, 3.8) is 0 Å². The Morgan fingerprint density at radius 2 is 2.18 bits per heavy atom. The zero-order chi connectivity index (χ0) is 12.3. The maximum atomic E-state index is 11.9. The Labute approximate surface area is 103 Å². The summed E-state index contributed by atoms with van der Waals surface area (Å²) in [5.41, 5.74) is 0. The van der Waals surface area contributed by atoms with Crippen LogP contribution in [0.15, 0.2) is 0 Å². The summed E-state index contributed by atoms with van der Waals surface area (Å²) >= 11 is 0. The lowest BCUT2D eigenvalue weighted by atomic mass is 9.80. The van der Waals surface area contributed by atoms with E-state index in [1.54, 1.807) is 0 Å². The standard InChI is InChI=1S/C13H24N2O2/c1-9-4-2-3-5-10(9)7-15-13(17)12-6-11(16)8-14-12/h9-12,14,16H,2-8H2,1H3,(H,15,17)/t9-,10-,11+,12+/m1/s1. The van der Waals surface area contributed by atoms with E-state index >= 15 is 0 Å². The Morgan fingerprint density at radius 1 is 1.41 bits per heavy atom. The second-order valence-corrected chi connectivity index (χ2v) is 5.62. The number of aliphatic hydroxyl groups excluding tert-OH is 1. The molecule has 17 heavy (non-hydrogen) atoms. The molecule has 0 aromatic carbocycles. The minimum atomic E-state index is -0.362. The van der Waals surface area contributed by atoms with Gasteiger partial charge in [-0.15, -0.1) is 0 Å². The number of amides is 1. The molecular weight excluding hydrogens is 216 g/mol. The lowest BCUT2D eigenvalue weighted by molar-refractivity contribution is -0.123. The largest absolute Gasteiger partial charge is 0.392 e. The van der Waals surface area contributed by atoms with Crippen LogP contribution in [0.5, 0.6) is 0 Å². The van der Waals surface area contributed by atoms with Crippen LogP contribution >= 0.6 is 0 Å². The highest BCUT2D eigenvalue weighted by molar-refractivity contribution is 5.82. The van der Waals surface area contributed by atoms with E-state index in [1.165, 1.54) is 25.7 Å². The van der Waals surface area contributed by atoms with Gasteiger partial charge in [-0.3, -0.25) is 4.79 Å². The average Bonchev–Trinajstić information content (AvgIpc) is 2.74. The third kappa shape index (κ3) is 3.42. The molecule has 1 heterocycles. The molecule has 0 aromatic heterocycles. The summed E-state index contributed by atoms with van der Waals surface area (Å²) in [6.45, 7) is 3.62. The van der Waals surface area contributed by atoms with Gasteiger partial charge >= 0.3 is 0 Å². The third-order valence-electron chi connectivity index (χ3n) is 4.25. The molecule has 1 aliphatic carbocycles. The first-order valence-corrected chi connectivity index (χ1v) is 6.86. The molecule has 1 saturated heterocycles. The highest BCUT2D eigenvalue weighted by Crippen LogP contribution is 2.28. The summed E-state index contributed by atoms with van der Waals surface area (Å²) in [6, 6.07) is -0.191. The molecule has 0 unspecified atom stereocenters. The number of β-amino-alcohol motifs (C(OH)–C–C–N with tert-alkyl or cyclic N) is 1. The smallest absolute Gasteiger partial charge is 0.237 e. The predicted octanol–water partition coefficient (Wildman–Crippen LogP) is 0.652. The number of nitrogens with one attached hydrogen (secondary N) is 2. The number of hydrogen-bond acceptors (Lipinski definition) is 3. The Hall–Kier alpha value is -0.610. The van der Waals surface area contributed by atoms with Crippen LogP contribution in [0.2, 0.25) is 0 Å². The Kier molecular flexibility index (Phi) is 4.40. The molecule has 0 spiro atoms. The van der Waals surface area contributed by atoms with Crippen LogP contribution in [0.3, 0.4) is 0 Å². The topological polar surface area (TPSA) is 61.4 Å². The second kappa shape index (κ2) is 5.83. The van der Waals surface area contributed by atoms with Crippen LogP contribution < -0.4 is 10.6 Å². The third-order valence-corrected chi connectivity index (χ3v) is 4.25. The van der Waals surface area contributed by atoms with Gasteiger partial charge in [0.15, 0.2) is 0 Å². The van der Waals surface area contributed by atoms with Crippen LogP contribution in [-0.2, 0) is 4.79 Å². The molecule has 2 fully saturated rings. The highest BCUT2D eigenvalue weighted by atomic mass is 16.3. The molecule has 0 radical (unpaired) electrons. The Morgan fingerprint density at radius 3 is 2.82 bits per heavy atom. The van der Waals surface area contributed by atoms with Crippen molar-refractivity contribution in [2.45, 2.75) is 51.2 Å². The molecule has 4 atom stereocenters. The van der Waals surface area contributed by atoms with Crippen molar-refractivity contribution >= 4 is 5.91 Å². The SMILES string of the molecule is C[C@@H]1CCCC[C@@H]1CNC(=O)[C@@H]1C[C@H](O)CN1. The fraction of sp³-hybridized carbons (Fsp3) is 0.923.